The van der Waals surface area contributed by atoms with Gasteiger partial charge in [0.25, 0.3) is 0 Å². The standard InChI is InChI=1S/C16H30N2O/c1-11(2)6-7-17-16(19)12(3)18-10-15-9-13-4-5-14(15)8-13/h11-15,18H,4-10H2,1-3H3,(H,17,19). The van der Waals surface area contributed by atoms with Gasteiger partial charge in [-0.05, 0) is 62.8 Å². The van der Waals surface area contributed by atoms with Crippen molar-refractivity contribution < 1.29 is 4.79 Å². The average molecular weight is 266 g/mol. The van der Waals surface area contributed by atoms with E-state index in [0.717, 1.165) is 37.3 Å². The SMILES string of the molecule is CC(C)CCNC(=O)C(C)NCC1CC2CCC1C2. The van der Waals surface area contributed by atoms with Crippen molar-refractivity contribution in [2.24, 2.45) is 23.7 Å². The molecule has 2 rings (SSSR count). The third-order valence-corrected chi connectivity index (χ3v) is 4.98. The Kier molecular flexibility index (Phi) is 5.26. The summed E-state index contributed by atoms with van der Waals surface area (Å²) in [6, 6.07) is -0.0497. The lowest BCUT2D eigenvalue weighted by atomic mass is 9.89. The normalized spacial score (nSPS) is 30.8. The third-order valence-electron chi connectivity index (χ3n) is 4.98. The maximum atomic E-state index is 11.9. The van der Waals surface area contributed by atoms with Crippen molar-refractivity contribution in [3.63, 3.8) is 0 Å². The molecule has 0 saturated heterocycles. The first-order chi connectivity index (χ1) is 9.06. The summed E-state index contributed by atoms with van der Waals surface area (Å²) in [7, 11) is 0. The van der Waals surface area contributed by atoms with Gasteiger partial charge in [0.1, 0.15) is 0 Å². The Bertz CT molecular complexity index is 303. The van der Waals surface area contributed by atoms with Crippen LogP contribution in [0.15, 0.2) is 0 Å². The molecule has 3 heteroatoms. The topological polar surface area (TPSA) is 41.1 Å². The van der Waals surface area contributed by atoms with Crippen LogP contribution in [-0.4, -0.2) is 25.0 Å². The van der Waals surface area contributed by atoms with Crippen molar-refractivity contribution in [1.29, 1.82) is 0 Å². The average Bonchev–Trinajstić information content (AvgIpc) is 2.97. The van der Waals surface area contributed by atoms with Gasteiger partial charge in [0.15, 0.2) is 0 Å². The Morgan fingerprint density at radius 1 is 1.21 bits per heavy atom. The number of rotatable bonds is 7. The smallest absolute Gasteiger partial charge is 0.236 e. The zero-order valence-corrected chi connectivity index (χ0v) is 12.7. The van der Waals surface area contributed by atoms with Crippen LogP contribution >= 0.6 is 0 Å². The predicted octanol–water partition coefficient (Wildman–Crippen LogP) is 2.56. The number of carbonyl (C=O) groups is 1. The second-order valence-electron chi connectivity index (χ2n) is 7.04. The molecular formula is C16H30N2O. The Hall–Kier alpha value is -0.570. The van der Waals surface area contributed by atoms with Gasteiger partial charge in [-0.1, -0.05) is 20.3 Å². The molecule has 2 N–H and O–H groups in total. The number of amides is 1. The summed E-state index contributed by atoms with van der Waals surface area (Å²) in [5.41, 5.74) is 0. The third kappa shape index (κ3) is 4.20. The highest BCUT2D eigenvalue weighted by Crippen LogP contribution is 2.47. The summed E-state index contributed by atoms with van der Waals surface area (Å²) >= 11 is 0. The number of hydrogen-bond donors (Lipinski definition) is 2. The molecule has 0 heterocycles. The maximum Gasteiger partial charge on any atom is 0.236 e. The number of carbonyl (C=O) groups excluding carboxylic acids is 1. The van der Waals surface area contributed by atoms with Gasteiger partial charge in [0.2, 0.25) is 5.91 Å². The van der Waals surface area contributed by atoms with E-state index in [-0.39, 0.29) is 11.9 Å². The minimum absolute atomic E-state index is 0.0497. The van der Waals surface area contributed by atoms with Crippen LogP contribution in [0.25, 0.3) is 0 Å². The predicted molar refractivity (Wildman–Crippen MR) is 78.9 cm³/mol. The highest BCUT2D eigenvalue weighted by Gasteiger charge is 2.39. The monoisotopic (exact) mass is 266 g/mol. The van der Waals surface area contributed by atoms with Crippen LogP contribution in [0.2, 0.25) is 0 Å². The largest absolute Gasteiger partial charge is 0.355 e. The summed E-state index contributed by atoms with van der Waals surface area (Å²) in [6.45, 7) is 8.18. The van der Waals surface area contributed by atoms with Crippen molar-refractivity contribution in [3.05, 3.63) is 0 Å². The fourth-order valence-corrected chi connectivity index (χ4v) is 3.68. The number of fused-ring (bicyclic) bond motifs is 2. The quantitative estimate of drug-likeness (QED) is 0.743. The van der Waals surface area contributed by atoms with E-state index in [2.05, 4.69) is 24.5 Å². The molecule has 2 fully saturated rings. The van der Waals surface area contributed by atoms with E-state index in [4.69, 9.17) is 0 Å². The minimum atomic E-state index is -0.0497. The van der Waals surface area contributed by atoms with Crippen LogP contribution in [0.5, 0.6) is 0 Å². The van der Waals surface area contributed by atoms with Crippen LogP contribution in [-0.2, 0) is 4.79 Å². The lowest BCUT2D eigenvalue weighted by Crippen LogP contribution is -2.44. The summed E-state index contributed by atoms with van der Waals surface area (Å²) in [5, 5.41) is 6.46. The Labute approximate surface area is 117 Å². The highest BCUT2D eigenvalue weighted by atomic mass is 16.2. The molecule has 3 nitrogen and oxygen atoms in total. The highest BCUT2D eigenvalue weighted by molar-refractivity contribution is 5.81. The van der Waals surface area contributed by atoms with Crippen molar-refractivity contribution in [3.8, 4) is 0 Å². The molecule has 0 aliphatic heterocycles. The van der Waals surface area contributed by atoms with Crippen LogP contribution in [0.1, 0.15) is 52.9 Å². The summed E-state index contributed by atoms with van der Waals surface area (Å²) in [6.07, 6.45) is 6.77. The van der Waals surface area contributed by atoms with Gasteiger partial charge >= 0.3 is 0 Å². The van der Waals surface area contributed by atoms with E-state index in [9.17, 15) is 4.79 Å². The second-order valence-corrected chi connectivity index (χ2v) is 7.04. The molecule has 2 aliphatic carbocycles. The molecule has 0 aromatic heterocycles. The first-order valence-electron chi connectivity index (χ1n) is 8.07. The number of nitrogens with one attached hydrogen (secondary N) is 2. The maximum absolute atomic E-state index is 11.9. The lowest BCUT2D eigenvalue weighted by Gasteiger charge is -2.24. The summed E-state index contributed by atoms with van der Waals surface area (Å²) in [4.78, 5) is 11.9. The molecule has 110 valence electrons. The molecule has 0 radical (unpaired) electrons. The molecule has 0 aromatic rings. The van der Waals surface area contributed by atoms with Gasteiger partial charge in [-0.15, -0.1) is 0 Å². The van der Waals surface area contributed by atoms with Crippen molar-refractivity contribution in [2.75, 3.05) is 13.1 Å². The van der Waals surface area contributed by atoms with E-state index < -0.39 is 0 Å². The molecule has 2 bridgehead atoms. The fourth-order valence-electron chi connectivity index (χ4n) is 3.68. The lowest BCUT2D eigenvalue weighted by molar-refractivity contribution is -0.122. The van der Waals surface area contributed by atoms with E-state index in [1.54, 1.807) is 0 Å². The second kappa shape index (κ2) is 6.74. The minimum Gasteiger partial charge on any atom is -0.355 e. The summed E-state index contributed by atoms with van der Waals surface area (Å²) < 4.78 is 0. The van der Waals surface area contributed by atoms with Gasteiger partial charge in [-0.3, -0.25) is 4.79 Å². The Morgan fingerprint density at radius 3 is 2.58 bits per heavy atom. The van der Waals surface area contributed by atoms with E-state index in [0.29, 0.717) is 5.92 Å². The Balaban J connectivity index is 1.61. The number of hydrogen-bond acceptors (Lipinski definition) is 2. The van der Waals surface area contributed by atoms with E-state index >= 15 is 0 Å². The van der Waals surface area contributed by atoms with E-state index in [1.807, 2.05) is 6.92 Å². The van der Waals surface area contributed by atoms with Crippen molar-refractivity contribution in [2.45, 2.75) is 58.9 Å². The van der Waals surface area contributed by atoms with Crippen molar-refractivity contribution in [1.82, 2.24) is 10.6 Å². The first kappa shape index (κ1) is 14.8. The van der Waals surface area contributed by atoms with Crippen LogP contribution in [0, 0.1) is 23.7 Å². The zero-order valence-electron chi connectivity index (χ0n) is 12.7. The molecule has 0 aromatic carbocycles. The van der Waals surface area contributed by atoms with Crippen LogP contribution in [0.4, 0.5) is 0 Å². The van der Waals surface area contributed by atoms with Gasteiger partial charge in [0, 0.05) is 6.54 Å². The molecule has 0 spiro atoms. The summed E-state index contributed by atoms with van der Waals surface area (Å²) in [5.74, 6) is 3.56. The van der Waals surface area contributed by atoms with E-state index in [1.165, 1.54) is 25.7 Å². The molecule has 4 atom stereocenters. The molecule has 4 unspecified atom stereocenters. The van der Waals surface area contributed by atoms with Crippen LogP contribution in [0.3, 0.4) is 0 Å². The first-order valence-corrected chi connectivity index (χ1v) is 8.07. The molecule has 2 saturated carbocycles. The molecule has 19 heavy (non-hydrogen) atoms. The van der Waals surface area contributed by atoms with Crippen LogP contribution < -0.4 is 10.6 Å². The van der Waals surface area contributed by atoms with Gasteiger partial charge in [0.05, 0.1) is 6.04 Å². The zero-order chi connectivity index (χ0) is 13.8. The van der Waals surface area contributed by atoms with Gasteiger partial charge in [-0.2, -0.15) is 0 Å². The van der Waals surface area contributed by atoms with Gasteiger partial charge < -0.3 is 10.6 Å². The Morgan fingerprint density at radius 2 is 2.00 bits per heavy atom. The van der Waals surface area contributed by atoms with Crippen molar-refractivity contribution >= 4 is 5.91 Å². The fraction of sp³-hybridized carbons (Fsp3) is 0.938. The molecular weight excluding hydrogens is 236 g/mol. The molecule has 1 amide bonds. The molecule has 2 aliphatic rings. The van der Waals surface area contributed by atoms with Gasteiger partial charge in [-0.25, -0.2) is 0 Å².